The van der Waals surface area contributed by atoms with Crippen molar-refractivity contribution < 1.29 is 4.79 Å². The maximum atomic E-state index is 12.4. The summed E-state index contributed by atoms with van der Waals surface area (Å²) >= 11 is 9.48. The van der Waals surface area contributed by atoms with E-state index in [1.165, 1.54) is 6.42 Å². The van der Waals surface area contributed by atoms with Crippen LogP contribution in [0.3, 0.4) is 0 Å². The molecule has 1 aromatic heterocycles. The lowest BCUT2D eigenvalue weighted by molar-refractivity contribution is 0.101. The van der Waals surface area contributed by atoms with Crippen molar-refractivity contribution in [3.63, 3.8) is 0 Å². The average Bonchev–Trinajstić information content (AvgIpc) is 2.80. The number of hydrogen-bond donors (Lipinski definition) is 1. The molecule has 2 aromatic rings. The van der Waals surface area contributed by atoms with Crippen molar-refractivity contribution in [1.29, 1.82) is 0 Å². The Morgan fingerprint density at radius 3 is 2.85 bits per heavy atom. The van der Waals surface area contributed by atoms with Gasteiger partial charge in [0.05, 0.1) is 10.7 Å². The zero-order valence-electron chi connectivity index (χ0n) is 10.8. The number of aromatic nitrogens is 1. The molecule has 0 bridgehead atoms. The minimum absolute atomic E-state index is 0.123. The van der Waals surface area contributed by atoms with Crippen LogP contribution in [0.4, 0.5) is 5.69 Å². The standard InChI is InChI=1S/C15H14BrClN2O/c16-10-6-7-12(17)13(9-10)18-15(20)14-5-2-8-19(14)11-3-1-4-11/h2,5-9,11H,1,3-4H2,(H,18,20). The number of carbonyl (C=O) groups is 1. The van der Waals surface area contributed by atoms with Crippen molar-refractivity contribution in [1.82, 2.24) is 4.57 Å². The Bertz CT molecular complexity index is 649. The van der Waals surface area contributed by atoms with E-state index in [0.29, 0.717) is 22.4 Å². The molecule has 1 fully saturated rings. The first-order valence-electron chi connectivity index (χ1n) is 6.58. The molecule has 1 amide bonds. The van der Waals surface area contributed by atoms with Gasteiger partial charge in [0.2, 0.25) is 0 Å². The molecule has 0 aliphatic heterocycles. The first-order valence-corrected chi connectivity index (χ1v) is 7.75. The molecule has 0 saturated heterocycles. The van der Waals surface area contributed by atoms with Crippen molar-refractivity contribution >= 4 is 39.1 Å². The van der Waals surface area contributed by atoms with Crippen LogP contribution in [0.2, 0.25) is 5.02 Å². The second kappa shape index (κ2) is 5.62. The highest BCUT2D eigenvalue weighted by molar-refractivity contribution is 9.10. The van der Waals surface area contributed by atoms with Gasteiger partial charge >= 0.3 is 0 Å². The smallest absolute Gasteiger partial charge is 0.272 e. The van der Waals surface area contributed by atoms with Crippen molar-refractivity contribution in [3.05, 3.63) is 51.7 Å². The first-order chi connectivity index (χ1) is 9.65. The third-order valence-electron chi connectivity index (χ3n) is 3.66. The highest BCUT2D eigenvalue weighted by Crippen LogP contribution is 2.33. The SMILES string of the molecule is O=C(Nc1cc(Br)ccc1Cl)c1cccn1C1CCC1. The van der Waals surface area contributed by atoms with Gasteiger partial charge in [-0.25, -0.2) is 0 Å². The molecule has 1 heterocycles. The summed E-state index contributed by atoms with van der Waals surface area (Å²) in [7, 11) is 0. The second-order valence-electron chi connectivity index (χ2n) is 4.96. The predicted octanol–water partition coefficient (Wildman–Crippen LogP) is 4.88. The Balaban J connectivity index is 1.82. The fraction of sp³-hybridized carbons (Fsp3) is 0.267. The van der Waals surface area contributed by atoms with Gasteiger partial charge in [0.15, 0.2) is 0 Å². The quantitative estimate of drug-likeness (QED) is 0.838. The van der Waals surface area contributed by atoms with Crippen LogP contribution < -0.4 is 5.32 Å². The predicted molar refractivity (Wildman–Crippen MR) is 84.4 cm³/mol. The van der Waals surface area contributed by atoms with Crippen LogP contribution in [0.15, 0.2) is 41.0 Å². The van der Waals surface area contributed by atoms with E-state index in [-0.39, 0.29) is 5.91 Å². The Morgan fingerprint density at radius 1 is 1.35 bits per heavy atom. The van der Waals surface area contributed by atoms with Crippen LogP contribution >= 0.6 is 27.5 Å². The zero-order valence-corrected chi connectivity index (χ0v) is 13.1. The number of nitrogens with one attached hydrogen (secondary N) is 1. The zero-order chi connectivity index (χ0) is 14.1. The molecule has 1 aromatic carbocycles. The fourth-order valence-corrected chi connectivity index (χ4v) is 2.88. The van der Waals surface area contributed by atoms with Gasteiger partial charge < -0.3 is 9.88 Å². The number of carbonyl (C=O) groups excluding carboxylic acids is 1. The van der Waals surface area contributed by atoms with Gasteiger partial charge in [0.25, 0.3) is 5.91 Å². The van der Waals surface area contributed by atoms with E-state index >= 15 is 0 Å². The van der Waals surface area contributed by atoms with Crippen LogP contribution in [0, 0.1) is 0 Å². The number of nitrogens with zero attached hydrogens (tertiary/aromatic N) is 1. The molecule has 0 atom stereocenters. The van der Waals surface area contributed by atoms with Gasteiger partial charge in [0.1, 0.15) is 5.69 Å². The van der Waals surface area contributed by atoms with Crippen LogP contribution in [0.1, 0.15) is 35.8 Å². The molecule has 104 valence electrons. The summed E-state index contributed by atoms with van der Waals surface area (Å²) in [5.41, 5.74) is 1.30. The molecule has 20 heavy (non-hydrogen) atoms. The molecule has 1 N–H and O–H groups in total. The van der Waals surface area contributed by atoms with Crippen molar-refractivity contribution in [3.8, 4) is 0 Å². The first kappa shape index (κ1) is 13.7. The van der Waals surface area contributed by atoms with Gasteiger partial charge in [-0.15, -0.1) is 0 Å². The summed E-state index contributed by atoms with van der Waals surface area (Å²) in [4.78, 5) is 12.4. The molecular weight excluding hydrogens is 340 g/mol. The molecule has 0 radical (unpaired) electrons. The van der Waals surface area contributed by atoms with Crippen LogP contribution in [0.5, 0.6) is 0 Å². The largest absolute Gasteiger partial charge is 0.340 e. The minimum atomic E-state index is -0.123. The third-order valence-corrected chi connectivity index (χ3v) is 4.48. The highest BCUT2D eigenvalue weighted by atomic mass is 79.9. The fourth-order valence-electron chi connectivity index (χ4n) is 2.35. The third kappa shape index (κ3) is 2.63. The van der Waals surface area contributed by atoms with E-state index in [0.717, 1.165) is 17.3 Å². The Kier molecular flexibility index (Phi) is 3.85. The number of amides is 1. The summed E-state index contributed by atoms with van der Waals surface area (Å²) < 4.78 is 2.94. The molecule has 0 spiro atoms. The van der Waals surface area contributed by atoms with E-state index < -0.39 is 0 Å². The van der Waals surface area contributed by atoms with Crippen LogP contribution in [-0.4, -0.2) is 10.5 Å². The lowest BCUT2D eigenvalue weighted by Crippen LogP contribution is -2.23. The van der Waals surface area contributed by atoms with Crippen molar-refractivity contribution in [2.45, 2.75) is 25.3 Å². The number of benzene rings is 1. The minimum Gasteiger partial charge on any atom is -0.340 e. The van der Waals surface area contributed by atoms with Gasteiger partial charge in [-0.1, -0.05) is 27.5 Å². The van der Waals surface area contributed by atoms with Gasteiger partial charge in [0, 0.05) is 16.7 Å². The Hall–Kier alpha value is -1.26. The summed E-state index contributed by atoms with van der Waals surface area (Å²) in [6.07, 6.45) is 5.50. The van der Waals surface area contributed by atoms with Crippen molar-refractivity contribution in [2.24, 2.45) is 0 Å². The number of hydrogen-bond acceptors (Lipinski definition) is 1. The number of rotatable bonds is 3. The average molecular weight is 354 g/mol. The number of halogens is 2. The number of anilines is 1. The van der Waals surface area contributed by atoms with E-state index in [1.807, 2.05) is 24.4 Å². The van der Waals surface area contributed by atoms with E-state index in [2.05, 4.69) is 25.8 Å². The monoisotopic (exact) mass is 352 g/mol. The van der Waals surface area contributed by atoms with Gasteiger partial charge in [-0.05, 0) is 49.6 Å². The van der Waals surface area contributed by atoms with E-state index in [4.69, 9.17) is 11.6 Å². The summed E-state index contributed by atoms with van der Waals surface area (Å²) in [6, 6.07) is 9.62. The summed E-state index contributed by atoms with van der Waals surface area (Å²) in [5, 5.41) is 3.41. The summed E-state index contributed by atoms with van der Waals surface area (Å²) in [6.45, 7) is 0. The van der Waals surface area contributed by atoms with Crippen LogP contribution in [-0.2, 0) is 0 Å². The van der Waals surface area contributed by atoms with Gasteiger partial charge in [-0.3, -0.25) is 4.79 Å². The van der Waals surface area contributed by atoms with Crippen LogP contribution in [0.25, 0.3) is 0 Å². The Morgan fingerprint density at radius 2 is 2.15 bits per heavy atom. The maximum absolute atomic E-state index is 12.4. The summed E-state index contributed by atoms with van der Waals surface area (Å²) in [5.74, 6) is -0.123. The lowest BCUT2D eigenvalue weighted by atomic mass is 9.93. The van der Waals surface area contributed by atoms with E-state index in [1.54, 1.807) is 12.1 Å². The van der Waals surface area contributed by atoms with E-state index in [9.17, 15) is 4.79 Å². The topological polar surface area (TPSA) is 34.0 Å². The molecule has 0 unspecified atom stereocenters. The molecule has 3 nitrogen and oxygen atoms in total. The van der Waals surface area contributed by atoms with Gasteiger partial charge in [-0.2, -0.15) is 0 Å². The molecular formula is C15H14BrClN2O. The highest BCUT2D eigenvalue weighted by Gasteiger charge is 2.23. The molecule has 5 heteroatoms. The lowest BCUT2D eigenvalue weighted by Gasteiger charge is -2.28. The maximum Gasteiger partial charge on any atom is 0.272 e. The van der Waals surface area contributed by atoms with Crippen molar-refractivity contribution in [2.75, 3.05) is 5.32 Å². The molecule has 1 saturated carbocycles. The molecule has 1 aliphatic carbocycles. The molecule has 3 rings (SSSR count). The normalized spacial score (nSPS) is 14.9. The molecule has 1 aliphatic rings. The second-order valence-corrected chi connectivity index (χ2v) is 6.29. The Labute approximate surface area is 131 Å².